The zero-order valence-electron chi connectivity index (χ0n) is 18.5. The minimum Gasteiger partial charge on any atom is -0.493 e. The number of ether oxygens (including phenoxy) is 2. The van der Waals surface area contributed by atoms with Gasteiger partial charge in [-0.3, -0.25) is 14.5 Å². The molecule has 1 aliphatic heterocycles. The van der Waals surface area contributed by atoms with Gasteiger partial charge in [-0.05, 0) is 60.2 Å². The summed E-state index contributed by atoms with van der Waals surface area (Å²) in [5.41, 5.74) is 2.96. The Kier molecular flexibility index (Phi) is 7.24. The first-order valence-corrected chi connectivity index (χ1v) is 11.6. The molecule has 0 aliphatic carbocycles. The molecule has 0 N–H and O–H groups in total. The van der Waals surface area contributed by atoms with Crippen molar-refractivity contribution in [2.45, 2.75) is 20.1 Å². The van der Waals surface area contributed by atoms with Crippen molar-refractivity contribution in [2.75, 3.05) is 7.11 Å². The second-order valence-electron chi connectivity index (χ2n) is 7.65. The lowest BCUT2D eigenvalue weighted by molar-refractivity contribution is -0.123. The van der Waals surface area contributed by atoms with E-state index in [9.17, 15) is 14.0 Å². The smallest absolute Gasteiger partial charge is 0.293 e. The molecule has 8 heteroatoms. The Labute approximate surface area is 206 Å². The maximum atomic E-state index is 14.1. The standard InChI is InChI=1S/C26H21ClFNO4S/c1-16-6-8-17(9-7-16)15-33-22-11-10-18(12-23(22)32-2)13-24-25(30)29(26(31)34-24)14-19-20(27)4-3-5-21(19)28/h3-13H,14-15H2,1-2H3/b24-13-. The number of rotatable bonds is 7. The van der Waals surface area contributed by atoms with Crippen LogP contribution in [0.2, 0.25) is 5.02 Å². The Bertz CT molecular complexity index is 1260. The van der Waals surface area contributed by atoms with Crippen LogP contribution in [0.4, 0.5) is 9.18 Å². The summed E-state index contributed by atoms with van der Waals surface area (Å²) in [7, 11) is 1.53. The molecule has 4 rings (SSSR count). The van der Waals surface area contributed by atoms with Crippen LogP contribution in [-0.4, -0.2) is 23.2 Å². The summed E-state index contributed by atoms with van der Waals surface area (Å²) in [5, 5.41) is -0.324. The van der Waals surface area contributed by atoms with Crippen molar-refractivity contribution >= 4 is 40.6 Å². The Morgan fingerprint density at radius 1 is 1.06 bits per heavy atom. The summed E-state index contributed by atoms with van der Waals surface area (Å²) < 4.78 is 25.5. The molecule has 1 fully saturated rings. The molecule has 0 unspecified atom stereocenters. The van der Waals surface area contributed by atoms with Gasteiger partial charge in [0.05, 0.1) is 18.6 Å². The summed E-state index contributed by atoms with van der Waals surface area (Å²) >= 11 is 6.85. The van der Waals surface area contributed by atoms with E-state index < -0.39 is 17.0 Å². The highest BCUT2D eigenvalue weighted by atomic mass is 35.5. The van der Waals surface area contributed by atoms with Crippen LogP contribution in [0.1, 0.15) is 22.3 Å². The molecule has 2 amide bonds. The van der Waals surface area contributed by atoms with Crippen molar-refractivity contribution in [1.82, 2.24) is 4.90 Å². The van der Waals surface area contributed by atoms with Crippen LogP contribution in [0, 0.1) is 12.7 Å². The number of imide groups is 1. The van der Waals surface area contributed by atoms with Crippen molar-refractivity contribution < 1.29 is 23.5 Å². The number of carbonyl (C=O) groups is 2. The monoisotopic (exact) mass is 497 g/mol. The molecule has 3 aromatic carbocycles. The molecule has 5 nitrogen and oxygen atoms in total. The molecule has 0 saturated carbocycles. The average Bonchev–Trinajstić information content (AvgIpc) is 3.08. The van der Waals surface area contributed by atoms with Gasteiger partial charge >= 0.3 is 0 Å². The first-order chi connectivity index (χ1) is 16.4. The molecule has 0 radical (unpaired) electrons. The summed E-state index contributed by atoms with van der Waals surface area (Å²) in [6.07, 6.45) is 1.60. The maximum Gasteiger partial charge on any atom is 0.293 e. The second kappa shape index (κ2) is 10.3. The number of hydrogen-bond donors (Lipinski definition) is 0. The Morgan fingerprint density at radius 2 is 1.82 bits per heavy atom. The van der Waals surface area contributed by atoms with Gasteiger partial charge in [-0.25, -0.2) is 4.39 Å². The van der Waals surface area contributed by atoms with E-state index in [1.807, 2.05) is 31.2 Å². The minimum atomic E-state index is -0.568. The number of benzene rings is 3. The largest absolute Gasteiger partial charge is 0.493 e. The molecule has 0 bridgehead atoms. The predicted molar refractivity (Wildman–Crippen MR) is 131 cm³/mol. The highest BCUT2D eigenvalue weighted by Gasteiger charge is 2.36. The summed E-state index contributed by atoms with van der Waals surface area (Å²) in [4.78, 5) is 26.5. The van der Waals surface area contributed by atoms with Gasteiger partial charge in [-0.2, -0.15) is 0 Å². The fourth-order valence-electron chi connectivity index (χ4n) is 3.37. The number of aryl methyl sites for hydroxylation is 1. The van der Waals surface area contributed by atoms with Crippen molar-refractivity contribution in [3.63, 3.8) is 0 Å². The number of nitrogens with zero attached hydrogens (tertiary/aromatic N) is 1. The topological polar surface area (TPSA) is 55.8 Å². The molecule has 34 heavy (non-hydrogen) atoms. The van der Waals surface area contributed by atoms with E-state index in [0.29, 0.717) is 23.7 Å². The first kappa shape index (κ1) is 23.9. The SMILES string of the molecule is COc1cc(/C=C2\SC(=O)N(Cc3c(F)cccc3Cl)C2=O)ccc1OCc1ccc(C)cc1. The minimum absolute atomic E-state index is 0.101. The lowest BCUT2D eigenvalue weighted by Gasteiger charge is -2.14. The second-order valence-corrected chi connectivity index (χ2v) is 9.05. The summed E-state index contributed by atoms with van der Waals surface area (Å²) in [5.74, 6) is -0.0183. The maximum absolute atomic E-state index is 14.1. The summed E-state index contributed by atoms with van der Waals surface area (Å²) in [6, 6.07) is 17.5. The predicted octanol–water partition coefficient (Wildman–Crippen LogP) is 6.61. The number of hydrogen-bond acceptors (Lipinski definition) is 5. The van der Waals surface area contributed by atoms with E-state index >= 15 is 0 Å². The normalized spacial score (nSPS) is 14.7. The van der Waals surface area contributed by atoms with Gasteiger partial charge in [0.15, 0.2) is 11.5 Å². The van der Waals surface area contributed by atoms with Crippen LogP contribution in [-0.2, 0) is 17.9 Å². The Morgan fingerprint density at radius 3 is 2.53 bits per heavy atom. The molecule has 0 spiro atoms. The van der Waals surface area contributed by atoms with Gasteiger partial charge in [-0.15, -0.1) is 0 Å². The van der Waals surface area contributed by atoms with Crippen molar-refractivity contribution in [3.05, 3.63) is 98.7 Å². The highest BCUT2D eigenvalue weighted by Crippen LogP contribution is 2.36. The zero-order valence-corrected chi connectivity index (χ0v) is 20.1. The van der Waals surface area contributed by atoms with E-state index in [1.165, 1.54) is 30.9 Å². The van der Waals surface area contributed by atoms with Gasteiger partial charge in [0.2, 0.25) is 0 Å². The fourth-order valence-corrected chi connectivity index (χ4v) is 4.43. The Balaban J connectivity index is 1.50. The zero-order chi connectivity index (χ0) is 24.2. The molecule has 1 heterocycles. The average molecular weight is 498 g/mol. The number of halogens is 2. The number of carbonyl (C=O) groups excluding carboxylic acids is 2. The third-order valence-corrected chi connectivity index (χ3v) is 6.51. The molecule has 3 aromatic rings. The fraction of sp³-hybridized carbons (Fsp3) is 0.154. The van der Waals surface area contributed by atoms with Gasteiger partial charge < -0.3 is 9.47 Å². The van der Waals surface area contributed by atoms with Gasteiger partial charge in [0.1, 0.15) is 12.4 Å². The lowest BCUT2D eigenvalue weighted by atomic mass is 10.1. The summed E-state index contributed by atoms with van der Waals surface area (Å²) in [6.45, 7) is 2.17. The molecule has 1 aliphatic rings. The van der Waals surface area contributed by atoms with Crippen LogP contribution in [0.3, 0.4) is 0 Å². The molecule has 174 valence electrons. The molecule has 0 atom stereocenters. The first-order valence-electron chi connectivity index (χ1n) is 10.4. The van der Waals surface area contributed by atoms with E-state index in [1.54, 1.807) is 24.3 Å². The van der Waals surface area contributed by atoms with E-state index in [2.05, 4.69) is 0 Å². The molecule has 0 aromatic heterocycles. The van der Waals surface area contributed by atoms with E-state index in [0.717, 1.165) is 22.2 Å². The molecular formula is C26H21ClFNO4S. The van der Waals surface area contributed by atoms with Gasteiger partial charge in [0.25, 0.3) is 11.1 Å². The van der Waals surface area contributed by atoms with Gasteiger partial charge in [0, 0.05) is 10.6 Å². The van der Waals surface area contributed by atoms with Crippen LogP contribution in [0.15, 0.2) is 65.6 Å². The highest BCUT2D eigenvalue weighted by molar-refractivity contribution is 8.18. The number of thioether (sulfide) groups is 1. The van der Waals surface area contributed by atoms with Crippen LogP contribution < -0.4 is 9.47 Å². The van der Waals surface area contributed by atoms with E-state index in [-0.39, 0.29) is 22.0 Å². The lowest BCUT2D eigenvalue weighted by Crippen LogP contribution is -2.28. The van der Waals surface area contributed by atoms with Gasteiger partial charge in [-0.1, -0.05) is 53.6 Å². The molecular weight excluding hydrogens is 477 g/mol. The Hall–Kier alpha value is -3.29. The number of methoxy groups -OCH3 is 1. The van der Waals surface area contributed by atoms with Crippen molar-refractivity contribution in [3.8, 4) is 11.5 Å². The van der Waals surface area contributed by atoms with Crippen molar-refractivity contribution in [2.24, 2.45) is 0 Å². The van der Waals surface area contributed by atoms with E-state index in [4.69, 9.17) is 21.1 Å². The van der Waals surface area contributed by atoms with Crippen LogP contribution in [0.25, 0.3) is 6.08 Å². The van der Waals surface area contributed by atoms with Crippen LogP contribution >= 0.6 is 23.4 Å². The quantitative estimate of drug-likeness (QED) is 0.344. The van der Waals surface area contributed by atoms with Crippen molar-refractivity contribution in [1.29, 1.82) is 0 Å². The molecule has 1 saturated heterocycles. The third-order valence-electron chi connectivity index (χ3n) is 5.25. The number of amides is 2. The van der Waals surface area contributed by atoms with Crippen LogP contribution in [0.5, 0.6) is 11.5 Å². The third kappa shape index (κ3) is 5.26.